The van der Waals surface area contributed by atoms with Gasteiger partial charge in [0.05, 0.1) is 5.56 Å². The lowest BCUT2D eigenvalue weighted by Crippen LogP contribution is -2.44. The van der Waals surface area contributed by atoms with Crippen molar-refractivity contribution in [3.05, 3.63) is 65.5 Å². The number of nitrogens with one attached hydrogen (secondary N) is 2. The van der Waals surface area contributed by atoms with Crippen LogP contribution in [0.15, 0.2) is 42.5 Å². The fourth-order valence-electron chi connectivity index (χ4n) is 1.61. The van der Waals surface area contributed by atoms with Crippen molar-refractivity contribution in [2.24, 2.45) is 0 Å². The predicted octanol–water partition coefficient (Wildman–Crippen LogP) is 1.94. The van der Waals surface area contributed by atoms with Crippen molar-refractivity contribution in [1.29, 1.82) is 0 Å². The molecule has 0 bridgehead atoms. The highest BCUT2D eigenvalue weighted by Gasteiger charge is 2.12. The Morgan fingerprint density at radius 1 is 0.957 bits per heavy atom. The Hall–Kier alpha value is -3.03. The van der Waals surface area contributed by atoms with Gasteiger partial charge in [-0.15, -0.1) is 0 Å². The van der Waals surface area contributed by atoms with Crippen LogP contribution in [-0.2, 0) is 4.79 Å². The molecule has 2 aromatic rings. The fraction of sp³-hybridized carbons (Fsp3) is 0.0667. The van der Waals surface area contributed by atoms with Gasteiger partial charge in [0.1, 0.15) is 11.6 Å². The van der Waals surface area contributed by atoms with E-state index in [0.717, 1.165) is 18.2 Å². The first kappa shape index (κ1) is 16.3. The van der Waals surface area contributed by atoms with Crippen LogP contribution in [0.2, 0.25) is 0 Å². The predicted molar refractivity (Wildman–Crippen MR) is 73.9 cm³/mol. The molecule has 0 radical (unpaired) electrons. The number of carbonyl (C=O) groups excluding carboxylic acids is 2. The zero-order chi connectivity index (χ0) is 16.8. The second-order valence-electron chi connectivity index (χ2n) is 4.35. The highest BCUT2D eigenvalue weighted by Crippen LogP contribution is 2.17. The summed E-state index contributed by atoms with van der Waals surface area (Å²) in [4.78, 5) is 23.1. The number of benzene rings is 2. The zero-order valence-electron chi connectivity index (χ0n) is 11.6. The molecule has 2 rings (SSSR count). The van der Waals surface area contributed by atoms with Gasteiger partial charge < -0.3 is 4.74 Å². The number of rotatable bonds is 4. The van der Waals surface area contributed by atoms with Gasteiger partial charge in [0.2, 0.25) is 0 Å². The van der Waals surface area contributed by atoms with E-state index < -0.39 is 35.9 Å². The molecule has 23 heavy (non-hydrogen) atoms. The van der Waals surface area contributed by atoms with Crippen LogP contribution in [-0.4, -0.2) is 18.4 Å². The molecule has 5 nitrogen and oxygen atoms in total. The average Bonchev–Trinajstić information content (AvgIpc) is 2.52. The van der Waals surface area contributed by atoms with Gasteiger partial charge >= 0.3 is 0 Å². The maximum atomic E-state index is 13.3. The number of ether oxygens (including phenoxy) is 1. The number of amides is 2. The summed E-state index contributed by atoms with van der Waals surface area (Å²) in [5, 5.41) is 0. The lowest BCUT2D eigenvalue weighted by atomic mass is 10.2. The molecule has 0 aliphatic heterocycles. The third-order valence-electron chi connectivity index (χ3n) is 2.69. The second-order valence-corrected chi connectivity index (χ2v) is 4.35. The lowest BCUT2D eigenvalue weighted by molar-refractivity contribution is -0.123. The average molecular weight is 324 g/mol. The van der Waals surface area contributed by atoms with E-state index in [9.17, 15) is 22.8 Å². The van der Waals surface area contributed by atoms with E-state index in [0.29, 0.717) is 6.07 Å². The third-order valence-corrected chi connectivity index (χ3v) is 2.69. The Kier molecular flexibility index (Phi) is 5.19. The summed E-state index contributed by atoms with van der Waals surface area (Å²) in [7, 11) is 0. The van der Waals surface area contributed by atoms with Gasteiger partial charge in [0, 0.05) is 6.07 Å². The standard InChI is InChI=1S/C15H11F3N2O3/c16-9-5-6-13(12(18)7-9)23-8-14(21)19-20-15(22)10-3-1-2-4-11(10)17/h1-7H,8H2,(H,19,21)(H,20,22). The molecule has 0 saturated heterocycles. The van der Waals surface area contributed by atoms with Gasteiger partial charge in [-0.25, -0.2) is 13.2 Å². The van der Waals surface area contributed by atoms with Crippen molar-refractivity contribution < 1.29 is 27.5 Å². The first-order valence-corrected chi connectivity index (χ1v) is 6.39. The molecule has 0 heterocycles. The summed E-state index contributed by atoms with van der Waals surface area (Å²) in [5.74, 6) is -4.47. The molecule has 0 unspecified atom stereocenters. The summed E-state index contributed by atoms with van der Waals surface area (Å²) in [6, 6.07) is 7.80. The van der Waals surface area contributed by atoms with E-state index in [4.69, 9.17) is 4.74 Å². The normalized spacial score (nSPS) is 10.0. The van der Waals surface area contributed by atoms with Gasteiger partial charge in [-0.1, -0.05) is 12.1 Å². The maximum Gasteiger partial charge on any atom is 0.276 e. The first-order chi connectivity index (χ1) is 11.0. The molecule has 0 fully saturated rings. The monoisotopic (exact) mass is 324 g/mol. The van der Waals surface area contributed by atoms with Gasteiger partial charge in [0.25, 0.3) is 11.8 Å². The van der Waals surface area contributed by atoms with Crippen molar-refractivity contribution in [3.63, 3.8) is 0 Å². The molecule has 0 aromatic heterocycles. The Bertz CT molecular complexity index is 738. The molecule has 0 aliphatic rings. The Morgan fingerprint density at radius 2 is 1.70 bits per heavy atom. The van der Waals surface area contributed by atoms with Gasteiger partial charge in [-0.3, -0.25) is 20.4 Å². The summed E-state index contributed by atoms with van der Waals surface area (Å²) in [6.45, 7) is -0.625. The number of hydrogen-bond donors (Lipinski definition) is 2. The molecule has 0 saturated carbocycles. The molecule has 120 valence electrons. The minimum atomic E-state index is -0.965. The van der Waals surface area contributed by atoms with Crippen LogP contribution < -0.4 is 15.6 Å². The SMILES string of the molecule is O=C(COc1ccc(F)cc1F)NNC(=O)c1ccccc1F. The number of hydrogen-bond acceptors (Lipinski definition) is 3. The Morgan fingerprint density at radius 3 is 2.39 bits per heavy atom. The van der Waals surface area contributed by atoms with E-state index in [2.05, 4.69) is 0 Å². The smallest absolute Gasteiger partial charge is 0.276 e. The zero-order valence-corrected chi connectivity index (χ0v) is 11.6. The molecular formula is C15H11F3N2O3. The molecule has 0 atom stereocenters. The highest BCUT2D eigenvalue weighted by molar-refractivity contribution is 5.95. The van der Waals surface area contributed by atoms with Gasteiger partial charge in [-0.05, 0) is 24.3 Å². The summed E-state index contributed by atoms with van der Waals surface area (Å²) in [6.07, 6.45) is 0. The number of hydrazine groups is 1. The lowest BCUT2D eigenvalue weighted by Gasteiger charge is -2.09. The van der Waals surface area contributed by atoms with Crippen molar-refractivity contribution in [2.45, 2.75) is 0 Å². The van der Waals surface area contributed by atoms with Crippen molar-refractivity contribution in [1.82, 2.24) is 10.9 Å². The van der Waals surface area contributed by atoms with E-state index in [1.165, 1.54) is 18.2 Å². The van der Waals surface area contributed by atoms with Crippen molar-refractivity contribution in [2.75, 3.05) is 6.61 Å². The van der Waals surface area contributed by atoms with Crippen LogP contribution in [0.4, 0.5) is 13.2 Å². The van der Waals surface area contributed by atoms with Crippen LogP contribution in [0.3, 0.4) is 0 Å². The molecular weight excluding hydrogens is 313 g/mol. The molecule has 8 heteroatoms. The minimum absolute atomic E-state index is 0.252. The second kappa shape index (κ2) is 7.30. The van der Waals surface area contributed by atoms with Crippen molar-refractivity contribution >= 4 is 11.8 Å². The fourth-order valence-corrected chi connectivity index (χ4v) is 1.61. The molecule has 2 amide bonds. The number of carbonyl (C=O) groups is 2. The first-order valence-electron chi connectivity index (χ1n) is 6.39. The molecule has 0 aliphatic carbocycles. The van der Waals surface area contributed by atoms with Gasteiger partial charge in [0.15, 0.2) is 18.2 Å². The van der Waals surface area contributed by atoms with Crippen LogP contribution in [0.25, 0.3) is 0 Å². The van der Waals surface area contributed by atoms with Crippen LogP contribution in [0.5, 0.6) is 5.75 Å². The Balaban J connectivity index is 1.83. The van der Waals surface area contributed by atoms with Crippen molar-refractivity contribution in [3.8, 4) is 5.75 Å². The number of halogens is 3. The highest BCUT2D eigenvalue weighted by atomic mass is 19.1. The largest absolute Gasteiger partial charge is 0.481 e. The summed E-state index contributed by atoms with van der Waals surface area (Å²) in [5.41, 5.74) is 3.72. The van der Waals surface area contributed by atoms with E-state index in [1.54, 1.807) is 0 Å². The topological polar surface area (TPSA) is 67.4 Å². The molecule has 0 spiro atoms. The van der Waals surface area contributed by atoms with E-state index in [1.807, 2.05) is 10.9 Å². The van der Waals surface area contributed by atoms with Crippen LogP contribution >= 0.6 is 0 Å². The van der Waals surface area contributed by atoms with Crippen LogP contribution in [0, 0.1) is 17.5 Å². The quantitative estimate of drug-likeness (QED) is 0.845. The van der Waals surface area contributed by atoms with E-state index >= 15 is 0 Å². The van der Waals surface area contributed by atoms with E-state index in [-0.39, 0.29) is 11.3 Å². The van der Waals surface area contributed by atoms with Gasteiger partial charge in [-0.2, -0.15) is 0 Å². The summed E-state index contributed by atoms with van der Waals surface area (Å²) >= 11 is 0. The minimum Gasteiger partial charge on any atom is -0.481 e. The molecule has 2 N–H and O–H groups in total. The molecule has 2 aromatic carbocycles. The Labute approximate surface area is 129 Å². The van der Waals surface area contributed by atoms with Crippen LogP contribution in [0.1, 0.15) is 10.4 Å². The third kappa shape index (κ3) is 4.47. The summed E-state index contributed by atoms with van der Waals surface area (Å²) < 4.78 is 44.1. The maximum absolute atomic E-state index is 13.3.